The van der Waals surface area contributed by atoms with E-state index in [1.54, 1.807) is 0 Å². The van der Waals surface area contributed by atoms with Crippen LogP contribution in [0.4, 0.5) is 0 Å². The number of carbonyl (C=O) groups excluding carboxylic acids is 1. The number of aliphatic hydroxyl groups is 1. The molecule has 2 rings (SSSR count). The highest BCUT2D eigenvalue weighted by molar-refractivity contribution is 5.83. The lowest BCUT2D eigenvalue weighted by molar-refractivity contribution is -0.124. The highest BCUT2D eigenvalue weighted by Crippen LogP contribution is 2.20. The molecule has 0 unspecified atom stereocenters. The Kier molecular flexibility index (Phi) is 3.22. The van der Waals surface area contributed by atoms with Crippen molar-refractivity contribution < 1.29 is 9.90 Å². The third-order valence-corrected chi connectivity index (χ3v) is 2.90. The molecule has 0 heterocycles. The molecule has 0 aliphatic heterocycles. The first-order chi connectivity index (χ1) is 7.66. The highest BCUT2D eigenvalue weighted by atomic mass is 16.3. The lowest BCUT2D eigenvalue weighted by Crippen LogP contribution is -2.49. The minimum Gasteiger partial charge on any atom is -0.393 e. The summed E-state index contributed by atoms with van der Waals surface area (Å²) in [4.78, 5) is 11.7. The van der Waals surface area contributed by atoms with Gasteiger partial charge in [0.05, 0.1) is 6.10 Å². The van der Waals surface area contributed by atoms with E-state index >= 15 is 0 Å². The third-order valence-electron chi connectivity index (χ3n) is 2.90. The fourth-order valence-corrected chi connectivity index (χ4v) is 1.81. The van der Waals surface area contributed by atoms with E-state index in [1.165, 1.54) is 0 Å². The second-order valence-corrected chi connectivity index (χ2v) is 4.22. The minimum absolute atomic E-state index is 0.0808. The average Bonchev–Trinajstić information content (AvgIpc) is 2.27. The molecule has 86 valence electrons. The van der Waals surface area contributed by atoms with Crippen molar-refractivity contribution in [2.45, 2.75) is 31.0 Å². The average molecular weight is 220 g/mol. The van der Waals surface area contributed by atoms with Gasteiger partial charge in [-0.15, -0.1) is 0 Å². The van der Waals surface area contributed by atoms with Crippen LogP contribution in [0.25, 0.3) is 0 Å². The van der Waals surface area contributed by atoms with Gasteiger partial charge in [-0.3, -0.25) is 4.79 Å². The molecular weight excluding hydrogens is 204 g/mol. The summed E-state index contributed by atoms with van der Waals surface area (Å²) >= 11 is 0. The number of amides is 1. The maximum absolute atomic E-state index is 11.7. The fraction of sp³-hybridized carbons (Fsp3) is 0.417. The van der Waals surface area contributed by atoms with Gasteiger partial charge in [-0.2, -0.15) is 0 Å². The van der Waals surface area contributed by atoms with Gasteiger partial charge in [-0.25, -0.2) is 0 Å². The quantitative estimate of drug-likeness (QED) is 0.687. The predicted molar refractivity (Wildman–Crippen MR) is 60.5 cm³/mol. The molecule has 16 heavy (non-hydrogen) atoms. The molecule has 1 aliphatic carbocycles. The number of aliphatic hydroxyl groups excluding tert-OH is 1. The Balaban J connectivity index is 1.90. The number of carbonyl (C=O) groups is 1. The first-order valence-corrected chi connectivity index (χ1v) is 5.46. The summed E-state index contributed by atoms with van der Waals surface area (Å²) in [5.74, 6) is -0.178. The molecule has 1 saturated carbocycles. The smallest absolute Gasteiger partial charge is 0.241 e. The van der Waals surface area contributed by atoms with Crippen molar-refractivity contribution in [3.8, 4) is 0 Å². The van der Waals surface area contributed by atoms with Crippen LogP contribution in [0.3, 0.4) is 0 Å². The molecule has 1 aromatic carbocycles. The van der Waals surface area contributed by atoms with E-state index in [0.29, 0.717) is 12.8 Å². The molecule has 0 spiro atoms. The van der Waals surface area contributed by atoms with Crippen LogP contribution in [-0.4, -0.2) is 23.2 Å². The van der Waals surface area contributed by atoms with Crippen molar-refractivity contribution >= 4 is 5.91 Å². The van der Waals surface area contributed by atoms with E-state index in [9.17, 15) is 4.79 Å². The van der Waals surface area contributed by atoms with E-state index in [1.807, 2.05) is 30.3 Å². The van der Waals surface area contributed by atoms with Gasteiger partial charge in [0.1, 0.15) is 6.04 Å². The summed E-state index contributed by atoms with van der Waals surface area (Å²) in [6.07, 6.45) is 0.999. The van der Waals surface area contributed by atoms with Gasteiger partial charge in [-0.05, 0) is 18.4 Å². The van der Waals surface area contributed by atoms with Crippen LogP contribution >= 0.6 is 0 Å². The fourth-order valence-electron chi connectivity index (χ4n) is 1.81. The van der Waals surface area contributed by atoms with Crippen LogP contribution in [0.1, 0.15) is 24.4 Å². The van der Waals surface area contributed by atoms with E-state index in [4.69, 9.17) is 10.8 Å². The van der Waals surface area contributed by atoms with E-state index in [2.05, 4.69) is 5.32 Å². The van der Waals surface area contributed by atoms with Gasteiger partial charge >= 0.3 is 0 Å². The first kappa shape index (κ1) is 11.1. The topological polar surface area (TPSA) is 75.4 Å². The molecule has 1 amide bonds. The Hall–Kier alpha value is -1.39. The summed E-state index contributed by atoms with van der Waals surface area (Å²) in [5, 5.41) is 11.9. The minimum atomic E-state index is -0.626. The second kappa shape index (κ2) is 4.63. The van der Waals surface area contributed by atoms with Crippen LogP contribution in [0.15, 0.2) is 30.3 Å². The number of hydrogen-bond acceptors (Lipinski definition) is 3. The largest absolute Gasteiger partial charge is 0.393 e. The van der Waals surface area contributed by atoms with Crippen LogP contribution in [0.2, 0.25) is 0 Å². The van der Waals surface area contributed by atoms with Crippen molar-refractivity contribution in [3.63, 3.8) is 0 Å². The van der Waals surface area contributed by atoms with Gasteiger partial charge in [0.15, 0.2) is 0 Å². The molecule has 1 aliphatic rings. The van der Waals surface area contributed by atoms with Crippen LogP contribution < -0.4 is 11.1 Å². The molecule has 1 atom stereocenters. The van der Waals surface area contributed by atoms with Crippen molar-refractivity contribution in [3.05, 3.63) is 35.9 Å². The molecule has 4 heteroatoms. The summed E-state index contributed by atoms with van der Waals surface area (Å²) < 4.78 is 0. The lowest BCUT2D eigenvalue weighted by Gasteiger charge is -2.32. The van der Waals surface area contributed by atoms with Crippen molar-refractivity contribution in [2.24, 2.45) is 5.73 Å². The molecule has 0 saturated heterocycles. The standard InChI is InChI=1S/C12H16N2O2/c13-11(8-4-2-1-3-5-8)12(16)14-9-6-10(15)7-9/h1-5,9-11,15H,6-7,13H2,(H,14,16)/t9?,10?,11-/m0/s1. The van der Waals surface area contributed by atoms with Crippen LogP contribution in [0, 0.1) is 0 Å². The van der Waals surface area contributed by atoms with Crippen molar-refractivity contribution in [1.82, 2.24) is 5.32 Å². The zero-order valence-electron chi connectivity index (χ0n) is 8.97. The monoisotopic (exact) mass is 220 g/mol. The summed E-state index contributed by atoms with van der Waals surface area (Å²) in [6.45, 7) is 0. The maximum Gasteiger partial charge on any atom is 0.241 e. The number of nitrogens with one attached hydrogen (secondary N) is 1. The Labute approximate surface area is 94.5 Å². The second-order valence-electron chi connectivity index (χ2n) is 4.22. The van der Waals surface area contributed by atoms with E-state index < -0.39 is 6.04 Å². The molecule has 0 radical (unpaired) electrons. The lowest BCUT2D eigenvalue weighted by atomic mass is 9.89. The number of benzene rings is 1. The maximum atomic E-state index is 11.7. The molecule has 0 bridgehead atoms. The summed E-state index contributed by atoms with van der Waals surface area (Å²) in [6, 6.07) is 8.72. The van der Waals surface area contributed by atoms with E-state index in [-0.39, 0.29) is 18.1 Å². The molecule has 0 aromatic heterocycles. The number of rotatable bonds is 3. The number of hydrogen-bond donors (Lipinski definition) is 3. The summed E-state index contributed by atoms with van der Waals surface area (Å²) in [7, 11) is 0. The van der Waals surface area contributed by atoms with Crippen molar-refractivity contribution in [1.29, 1.82) is 0 Å². The molecule has 4 nitrogen and oxygen atoms in total. The molecule has 1 fully saturated rings. The Morgan fingerprint density at radius 2 is 2.00 bits per heavy atom. The summed E-state index contributed by atoms with van der Waals surface area (Å²) in [5.41, 5.74) is 6.63. The first-order valence-electron chi connectivity index (χ1n) is 5.46. The molecular formula is C12H16N2O2. The molecule has 4 N–H and O–H groups in total. The molecule has 1 aromatic rings. The van der Waals surface area contributed by atoms with Crippen molar-refractivity contribution in [2.75, 3.05) is 0 Å². The predicted octanol–water partition coefficient (Wildman–Crippen LogP) is 0.326. The number of nitrogens with two attached hydrogens (primary N) is 1. The zero-order valence-corrected chi connectivity index (χ0v) is 8.97. The third kappa shape index (κ3) is 2.40. The van der Waals surface area contributed by atoms with Crippen LogP contribution in [-0.2, 0) is 4.79 Å². The van der Waals surface area contributed by atoms with Gasteiger partial charge in [-0.1, -0.05) is 30.3 Å². The normalized spacial score (nSPS) is 25.6. The van der Waals surface area contributed by atoms with Gasteiger partial charge in [0, 0.05) is 6.04 Å². The van der Waals surface area contributed by atoms with Gasteiger partial charge in [0.2, 0.25) is 5.91 Å². The van der Waals surface area contributed by atoms with Gasteiger partial charge in [0.25, 0.3) is 0 Å². The van der Waals surface area contributed by atoms with Crippen LogP contribution in [0.5, 0.6) is 0 Å². The van der Waals surface area contributed by atoms with Gasteiger partial charge < -0.3 is 16.2 Å². The Morgan fingerprint density at radius 3 is 2.56 bits per heavy atom. The van der Waals surface area contributed by atoms with E-state index in [0.717, 1.165) is 5.56 Å². The Morgan fingerprint density at radius 1 is 1.38 bits per heavy atom. The highest BCUT2D eigenvalue weighted by Gasteiger charge is 2.29. The SMILES string of the molecule is N[C@H](C(=O)NC1CC(O)C1)c1ccccc1. The Bertz CT molecular complexity index is 361. The zero-order chi connectivity index (χ0) is 11.5.